The number of ether oxygens (including phenoxy) is 1. The van der Waals surface area contributed by atoms with Gasteiger partial charge in [-0.1, -0.05) is 19.2 Å². The first-order valence-electron chi connectivity index (χ1n) is 3.12. The van der Waals surface area contributed by atoms with Gasteiger partial charge in [-0.2, -0.15) is 0 Å². The standard InChI is InChI=1S/C8H13NO/c1-4-6-8(7(3)9)10-5-2/h4,6H,1,3,5,9H2,2H3/b8-6+. The van der Waals surface area contributed by atoms with E-state index in [0.29, 0.717) is 18.1 Å². The van der Waals surface area contributed by atoms with Crippen molar-refractivity contribution in [2.75, 3.05) is 6.61 Å². The molecule has 0 aliphatic rings. The molecule has 2 N–H and O–H groups in total. The van der Waals surface area contributed by atoms with Crippen molar-refractivity contribution in [1.29, 1.82) is 0 Å². The highest BCUT2D eigenvalue weighted by Crippen LogP contribution is 2.02. The molecule has 0 aliphatic heterocycles. The lowest BCUT2D eigenvalue weighted by atomic mass is 10.3. The Bertz CT molecular complexity index is 159. The van der Waals surface area contributed by atoms with Gasteiger partial charge in [0.05, 0.1) is 12.3 Å². The van der Waals surface area contributed by atoms with E-state index in [0.717, 1.165) is 0 Å². The van der Waals surface area contributed by atoms with Crippen LogP contribution in [0.4, 0.5) is 0 Å². The largest absolute Gasteiger partial charge is 0.492 e. The van der Waals surface area contributed by atoms with Gasteiger partial charge in [-0.25, -0.2) is 0 Å². The van der Waals surface area contributed by atoms with Crippen LogP contribution in [0.3, 0.4) is 0 Å². The van der Waals surface area contributed by atoms with Crippen molar-refractivity contribution in [3.8, 4) is 0 Å². The summed E-state index contributed by atoms with van der Waals surface area (Å²) < 4.78 is 5.11. The molecule has 0 saturated heterocycles. The van der Waals surface area contributed by atoms with Crippen LogP contribution in [-0.2, 0) is 4.74 Å². The van der Waals surface area contributed by atoms with Gasteiger partial charge in [0.1, 0.15) is 5.76 Å². The van der Waals surface area contributed by atoms with Crippen molar-refractivity contribution in [3.63, 3.8) is 0 Å². The van der Waals surface area contributed by atoms with Crippen LogP contribution in [0.15, 0.2) is 36.8 Å². The number of hydrogen-bond acceptors (Lipinski definition) is 2. The van der Waals surface area contributed by atoms with Crippen molar-refractivity contribution in [3.05, 3.63) is 36.8 Å². The lowest BCUT2D eigenvalue weighted by Gasteiger charge is -2.05. The van der Waals surface area contributed by atoms with Crippen molar-refractivity contribution >= 4 is 0 Å². The van der Waals surface area contributed by atoms with Crippen molar-refractivity contribution in [2.45, 2.75) is 6.92 Å². The summed E-state index contributed by atoms with van der Waals surface area (Å²) in [5.41, 5.74) is 5.81. The Kier molecular flexibility index (Phi) is 4.12. The van der Waals surface area contributed by atoms with E-state index in [4.69, 9.17) is 10.5 Å². The molecule has 10 heavy (non-hydrogen) atoms. The molecule has 0 unspecified atom stereocenters. The highest BCUT2D eigenvalue weighted by Gasteiger charge is 1.94. The van der Waals surface area contributed by atoms with Crippen LogP contribution in [0.1, 0.15) is 6.92 Å². The molecule has 0 bridgehead atoms. The van der Waals surface area contributed by atoms with Gasteiger partial charge in [0.25, 0.3) is 0 Å². The van der Waals surface area contributed by atoms with Gasteiger partial charge in [-0.15, -0.1) is 0 Å². The molecule has 0 aromatic rings. The molecule has 0 atom stereocenters. The van der Waals surface area contributed by atoms with Crippen molar-refractivity contribution < 1.29 is 4.74 Å². The summed E-state index contributed by atoms with van der Waals surface area (Å²) in [7, 11) is 0. The molecule has 0 amide bonds. The summed E-state index contributed by atoms with van der Waals surface area (Å²) in [5, 5.41) is 0. The normalized spacial score (nSPS) is 10.7. The Morgan fingerprint density at radius 1 is 1.70 bits per heavy atom. The molecule has 0 aromatic heterocycles. The fraction of sp³-hybridized carbons (Fsp3) is 0.250. The SMILES string of the molecule is C=C/C=C(/OCC)C(=C)N. The Hall–Kier alpha value is -1.18. The average Bonchev–Trinajstić information content (AvgIpc) is 1.87. The molecular weight excluding hydrogens is 126 g/mol. The maximum Gasteiger partial charge on any atom is 0.141 e. The van der Waals surface area contributed by atoms with Crippen molar-refractivity contribution in [1.82, 2.24) is 0 Å². The van der Waals surface area contributed by atoms with E-state index in [-0.39, 0.29) is 0 Å². The van der Waals surface area contributed by atoms with E-state index in [1.54, 1.807) is 12.2 Å². The zero-order chi connectivity index (χ0) is 7.98. The van der Waals surface area contributed by atoms with Gasteiger partial charge < -0.3 is 10.5 Å². The minimum atomic E-state index is 0.432. The van der Waals surface area contributed by atoms with Gasteiger partial charge in [-0.05, 0) is 13.0 Å². The smallest absolute Gasteiger partial charge is 0.141 e. The van der Waals surface area contributed by atoms with Gasteiger partial charge in [0, 0.05) is 0 Å². The topological polar surface area (TPSA) is 35.2 Å². The summed E-state index contributed by atoms with van der Waals surface area (Å²) in [4.78, 5) is 0. The van der Waals surface area contributed by atoms with E-state index in [1.165, 1.54) is 0 Å². The molecule has 0 saturated carbocycles. The molecule has 0 aromatic carbocycles. The molecule has 0 spiro atoms. The molecular formula is C8H13NO. The summed E-state index contributed by atoms with van der Waals surface area (Å²) in [6, 6.07) is 0. The average molecular weight is 139 g/mol. The number of nitrogens with two attached hydrogens (primary N) is 1. The Morgan fingerprint density at radius 2 is 2.30 bits per heavy atom. The van der Waals surface area contributed by atoms with Crippen molar-refractivity contribution in [2.24, 2.45) is 5.73 Å². The summed E-state index contributed by atoms with van der Waals surface area (Å²) in [5.74, 6) is 0.595. The number of rotatable bonds is 4. The third kappa shape index (κ3) is 2.97. The summed E-state index contributed by atoms with van der Waals surface area (Å²) in [6.07, 6.45) is 3.30. The lowest BCUT2D eigenvalue weighted by molar-refractivity contribution is 0.237. The number of hydrogen-bond donors (Lipinski definition) is 1. The number of allylic oxidation sites excluding steroid dienone is 2. The van der Waals surface area contributed by atoms with Crippen LogP contribution in [-0.4, -0.2) is 6.61 Å². The molecule has 56 valence electrons. The van der Waals surface area contributed by atoms with E-state index in [1.807, 2.05) is 6.92 Å². The third-order valence-electron chi connectivity index (χ3n) is 0.886. The fourth-order valence-electron chi connectivity index (χ4n) is 0.510. The fourth-order valence-corrected chi connectivity index (χ4v) is 0.510. The molecule has 0 radical (unpaired) electrons. The van der Waals surface area contributed by atoms with Crippen LogP contribution in [0.5, 0.6) is 0 Å². The first-order valence-corrected chi connectivity index (χ1v) is 3.12. The monoisotopic (exact) mass is 139 g/mol. The zero-order valence-corrected chi connectivity index (χ0v) is 6.26. The molecule has 0 heterocycles. The predicted molar refractivity (Wildman–Crippen MR) is 43.2 cm³/mol. The molecule has 0 aliphatic carbocycles. The summed E-state index contributed by atoms with van der Waals surface area (Å²) >= 11 is 0. The molecule has 2 nitrogen and oxygen atoms in total. The summed E-state index contributed by atoms with van der Waals surface area (Å²) in [6.45, 7) is 9.52. The third-order valence-corrected chi connectivity index (χ3v) is 0.886. The minimum absolute atomic E-state index is 0.432. The Morgan fingerprint density at radius 3 is 2.60 bits per heavy atom. The van der Waals surface area contributed by atoms with E-state index in [2.05, 4.69) is 13.2 Å². The predicted octanol–water partition coefficient (Wildman–Crippen LogP) is 1.57. The highest BCUT2D eigenvalue weighted by atomic mass is 16.5. The minimum Gasteiger partial charge on any atom is -0.492 e. The highest BCUT2D eigenvalue weighted by molar-refractivity contribution is 5.22. The van der Waals surface area contributed by atoms with Crippen LogP contribution in [0.25, 0.3) is 0 Å². The van der Waals surface area contributed by atoms with Crippen LogP contribution >= 0.6 is 0 Å². The van der Waals surface area contributed by atoms with Crippen LogP contribution in [0, 0.1) is 0 Å². The maximum atomic E-state index is 5.37. The van der Waals surface area contributed by atoms with Gasteiger partial charge in [-0.3, -0.25) is 0 Å². The maximum absolute atomic E-state index is 5.37. The quantitative estimate of drug-likeness (QED) is 0.474. The second-order valence-corrected chi connectivity index (χ2v) is 1.72. The first kappa shape index (κ1) is 8.82. The first-order chi connectivity index (χ1) is 4.72. The van der Waals surface area contributed by atoms with E-state index in [9.17, 15) is 0 Å². The zero-order valence-electron chi connectivity index (χ0n) is 6.26. The second kappa shape index (κ2) is 4.68. The Labute approximate surface area is 61.7 Å². The second-order valence-electron chi connectivity index (χ2n) is 1.72. The van der Waals surface area contributed by atoms with E-state index < -0.39 is 0 Å². The van der Waals surface area contributed by atoms with Gasteiger partial charge in [0.15, 0.2) is 0 Å². The lowest BCUT2D eigenvalue weighted by Crippen LogP contribution is -2.02. The molecule has 2 heteroatoms. The van der Waals surface area contributed by atoms with E-state index >= 15 is 0 Å². The molecule has 0 fully saturated rings. The van der Waals surface area contributed by atoms with Crippen LogP contribution in [0.2, 0.25) is 0 Å². The Balaban J connectivity index is 4.11. The van der Waals surface area contributed by atoms with Gasteiger partial charge >= 0.3 is 0 Å². The molecule has 0 rings (SSSR count). The van der Waals surface area contributed by atoms with Crippen LogP contribution < -0.4 is 5.73 Å². The van der Waals surface area contributed by atoms with Gasteiger partial charge in [0.2, 0.25) is 0 Å².